The molecular weight excluding hydrogens is 214 g/mol. The summed E-state index contributed by atoms with van der Waals surface area (Å²) < 4.78 is 10.3. The van der Waals surface area contributed by atoms with Crippen molar-refractivity contribution in [2.45, 2.75) is 47.1 Å². The van der Waals surface area contributed by atoms with Crippen molar-refractivity contribution in [1.82, 2.24) is 5.32 Å². The summed E-state index contributed by atoms with van der Waals surface area (Å²) in [5.41, 5.74) is 0. The van der Waals surface area contributed by atoms with Crippen LogP contribution in [-0.4, -0.2) is 39.5 Å². The quantitative estimate of drug-likeness (QED) is 0.527. The Balaban J connectivity index is -0.000000213. The largest absolute Gasteiger partial charge is 0.379 e. The van der Waals surface area contributed by atoms with E-state index in [0.717, 1.165) is 19.6 Å². The highest BCUT2D eigenvalue weighted by Crippen LogP contribution is 1.86. The van der Waals surface area contributed by atoms with Crippen LogP contribution in [0.25, 0.3) is 0 Å². The van der Waals surface area contributed by atoms with Gasteiger partial charge in [0.1, 0.15) is 0 Å². The van der Waals surface area contributed by atoms with Crippen LogP contribution in [0.4, 0.5) is 0 Å². The second-order valence-electron chi connectivity index (χ2n) is 3.30. The third-order valence-electron chi connectivity index (χ3n) is 1.48. The highest BCUT2D eigenvalue weighted by atomic mass is 16.5. The fourth-order valence-electron chi connectivity index (χ4n) is 0.733. The topological polar surface area (TPSA) is 30.5 Å². The first-order valence-electron chi connectivity index (χ1n) is 6.63. The Kier molecular flexibility index (Phi) is 31.8. The molecule has 0 aliphatic rings. The third-order valence-corrected chi connectivity index (χ3v) is 1.48. The van der Waals surface area contributed by atoms with Gasteiger partial charge in [0.2, 0.25) is 0 Å². The molecule has 3 nitrogen and oxygen atoms in total. The van der Waals surface area contributed by atoms with Crippen LogP contribution in [-0.2, 0) is 9.47 Å². The zero-order chi connectivity index (χ0) is 13.9. The summed E-state index contributed by atoms with van der Waals surface area (Å²) in [6.07, 6.45) is 3.29. The van der Waals surface area contributed by atoms with Crippen LogP contribution in [0, 0.1) is 0 Å². The molecule has 0 saturated carbocycles. The summed E-state index contributed by atoms with van der Waals surface area (Å²) in [6.45, 7) is 16.8. The fourth-order valence-corrected chi connectivity index (χ4v) is 0.733. The Hall–Kier alpha value is -0.380. The van der Waals surface area contributed by atoms with Crippen molar-refractivity contribution >= 4 is 0 Å². The van der Waals surface area contributed by atoms with Gasteiger partial charge in [-0.15, -0.1) is 6.58 Å². The third kappa shape index (κ3) is 39.0. The van der Waals surface area contributed by atoms with Crippen molar-refractivity contribution in [3.63, 3.8) is 0 Å². The molecule has 0 aliphatic heterocycles. The summed E-state index contributed by atoms with van der Waals surface area (Å²) >= 11 is 0. The highest BCUT2D eigenvalue weighted by Gasteiger charge is 1.90. The Labute approximate surface area is 109 Å². The predicted molar refractivity (Wildman–Crippen MR) is 77.7 cm³/mol. The van der Waals surface area contributed by atoms with Gasteiger partial charge in [0.25, 0.3) is 0 Å². The second kappa shape index (κ2) is 24.7. The van der Waals surface area contributed by atoms with Gasteiger partial charge >= 0.3 is 0 Å². The molecule has 17 heavy (non-hydrogen) atoms. The minimum atomic E-state index is 0.324. The molecule has 0 aliphatic carbocycles. The average molecular weight is 247 g/mol. The Morgan fingerprint density at radius 3 is 2.12 bits per heavy atom. The van der Waals surface area contributed by atoms with Crippen LogP contribution in [0.15, 0.2) is 12.7 Å². The number of nitrogens with one attached hydrogen (secondary N) is 1. The Bertz CT molecular complexity index is 117. The first-order chi connectivity index (χ1) is 8.18. The maximum absolute atomic E-state index is 5.22. The lowest BCUT2D eigenvalue weighted by Crippen LogP contribution is -2.09. The average Bonchev–Trinajstić information content (AvgIpc) is 2.35. The van der Waals surface area contributed by atoms with E-state index in [1.54, 1.807) is 0 Å². The van der Waals surface area contributed by atoms with E-state index in [4.69, 9.17) is 9.47 Å². The SMILES string of the molecule is C=CCCNC.CC.CCOCCOC(C)C. The molecule has 0 spiro atoms. The zero-order valence-corrected chi connectivity index (χ0v) is 12.7. The van der Waals surface area contributed by atoms with Crippen LogP contribution < -0.4 is 5.32 Å². The molecule has 0 heterocycles. The lowest BCUT2D eigenvalue weighted by atomic mass is 10.4. The van der Waals surface area contributed by atoms with E-state index in [1.807, 2.05) is 47.7 Å². The molecule has 3 heteroatoms. The van der Waals surface area contributed by atoms with Crippen molar-refractivity contribution in [3.05, 3.63) is 12.7 Å². The minimum Gasteiger partial charge on any atom is -0.379 e. The van der Waals surface area contributed by atoms with Crippen molar-refractivity contribution in [2.75, 3.05) is 33.4 Å². The van der Waals surface area contributed by atoms with Gasteiger partial charge in [-0.3, -0.25) is 0 Å². The maximum Gasteiger partial charge on any atom is 0.0703 e. The van der Waals surface area contributed by atoms with Crippen LogP contribution >= 0.6 is 0 Å². The van der Waals surface area contributed by atoms with Crippen LogP contribution in [0.2, 0.25) is 0 Å². The summed E-state index contributed by atoms with van der Waals surface area (Å²) in [5, 5.41) is 3.00. The van der Waals surface area contributed by atoms with Crippen LogP contribution in [0.1, 0.15) is 41.0 Å². The molecule has 1 N–H and O–H groups in total. The molecule has 0 fully saturated rings. The molecule has 0 rings (SSSR count). The van der Waals surface area contributed by atoms with Crippen molar-refractivity contribution < 1.29 is 9.47 Å². The number of ether oxygens (including phenoxy) is 2. The molecule has 0 unspecified atom stereocenters. The van der Waals surface area contributed by atoms with Crippen molar-refractivity contribution in [1.29, 1.82) is 0 Å². The molecule has 0 saturated heterocycles. The summed E-state index contributed by atoms with van der Waals surface area (Å²) in [6, 6.07) is 0. The van der Waals surface area contributed by atoms with E-state index in [-0.39, 0.29) is 0 Å². The van der Waals surface area contributed by atoms with Gasteiger partial charge in [-0.2, -0.15) is 0 Å². The zero-order valence-electron chi connectivity index (χ0n) is 12.7. The molecule has 0 atom stereocenters. The van der Waals surface area contributed by atoms with E-state index < -0.39 is 0 Å². The van der Waals surface area contributed by atoms with Gasteiger partial charge in [-0.1, -0.05) is 19.9 Å². The van der Waals surface area contributed by atoms with Gasteiger partial charge in [-0.25, -0.2) is 0 Å². The van der Waals surface area contributed by atoms with E-state index in [9.17, 15) is 0 Å². The van der Waals surface area contributed by atoms with Gasteiger partial charge in [0.15, 0.2) is 0 Å². The molecule has 0 aromatic rings. The van der Waals surface area contributed by atoms with Crippen LogP contribution in [0.5, 0.6) is 0 Å². The monoisotopic (exact) mass is 247 g/mol. The molecule has 0 radical (unpaired) electrons. The molecule has 0 amide bonds. The fraction of sp³-hybridized carbons (Fsp3) is 0.857. The van der Waals surface area contributed by atoms with E-state index in [1.165, 1.54) is 0 Å². The highest BCUT2D eigenvalue weighted by molar-refractivity contribution is 4.65. The summed E-state index contributed by atoms with van der Waals surface area (Å²) in [5.74, 6) is 0. The molecule has 106 valence electrons. The van der Waals surface area contributed by atoms with Crippen LogP contribution in [0.3, 0.4) is 0 Å². The predicted octanol–water partition coefficient (Wildman–Crippen LogP) is 3.26. The van der Waals surface area contributed by atoms with Gasteiger partial charge in [-0.05, 0) is 40.8 Å². The summed E-state index contributed by atoms with van der Waals surface area (Å²) in [4.78, 5) is 0. The van der Waals surface area contributed by atoms with E-state index in [0.29, 0.717) is 19.3 Å². The van der Waals surface area contributed by atoms with Gasteiger partial charge in [0.05, 0.1) is 19.3 Å². The molecular formula is C14H33NO2. The maximum atomic E-state index is 5.22. The molecule has 0 aromatic carbocycles. The van der Waals surface area contributed by atoms with Crippen molar-refractivity contribution in [3.8, 4) is 0 Å². The van der Waals surface area contributed by atoms with Crippen molar-refractivity contribution in [2.24, 2.45) is 0 Å². The second-order valence-corrected chi connectivity index (χ2v) is 3.30. The standard InChI is InChI=1S/C7H16O2.C5H11N.C2H6/c1-4-8-5-6-9-7(2)3;1-3-4-5-6-2;1-2/h7H,4-6H2,1-3H3;3,6H,1,4-5H2,2H3;1-2H3. The van der Waals surface area contributed by atoms with E-state index >= 15 is 0 Å². The molecule has 0 bridgehead atoms. The number of hydrogen-bond acceptors (Lipinski definition) is 3. The minimum absolute atomic E-state index is 0.324. The summed E-state index contributed by atoms with van der Waals surface area (Å²) in [7, 11) is 1.93. The normalized spacial score (nSPS) is 8.88. The van der Waals surface area contributed by atoms with Gasteiger partial charge < -0.3 is 14.8 Å². The Morgan fingerprint density at radius 2 is 1.82 bits per heavy atom. The van der Waals surface area contributed by atoms with Gasteiger partial charge in [0, 0.05) is 6.61 Å². The lowest BCUT2D eigenvalue weighted by Gasteiger charge is -2.05. The van der Waals surface area contributed by atoms with E-state index in [2.05, 4.69) is 11.9 Å². The molecule has 0 aromatic heterocycles. The first-order valence-corrected chi connectivity index (χ1v) is 6.63. The number of hydrogen-bond donors (Lipinski definition) is 1. The Morgan fingerprint density at radius 1 is 1.24 bits per heavy atom. The first kappa shape index (κ1) is 21.9. The smallest absolute Gasteiger partial charge is 0.0703 e. The number of rotatable bonds is 8. The lowest BCUT2D eigenvalue weighted by molar-refractivity contribution is 0.0230.